The van der Waals surface area contributed by atoms with Crippen LogP contribution in [0.5, 0.6) is 0 Å². The highest BCUT2D eigenvalue weighted by Gasteiger charge is 2.26. The largest absolute Gasteiger partial charge is 0.348 e. The highest BCUT2D eigenvalue weighted by atomic mass is 16.6. The summed E-state index contributed by atoms with van der Waals surface area (Å²) in [6.07, 6.45) is 3.80. The average Bonchev–Trinajstić information content (AvgIpc) is 2.41. The molecule has 6 nitrogen and oxygen atoms in total. The fraction of sp³-hybridized carbons (Fsp3) is 0.462. The van der Waals surface area contributed by atoms with E-state index < -0.39 is 10.8 Å². The van der Waals surface area contributed by atoms with Gasteiger partial charge in [-0.25, -0.2) is 0 Å². The number of amides is 1. The zero-order valence-electron chi connectivity index (χ0n) is 10.5. The van der Waals surface area contributed by atoms with Gasteiger partial charge in [0.2, 0.25) is 0 Å². The number of nitro groups is 1. The van der Waals surface area contributed by atoms with Crippen LogP contribution >= 0.6 is 0 Å². The summed E-state index contributed by atoms with van der Waals surface area (Å²) < 4.78 is 0. The van der Waals surface area contributed by atoms with Gasteiger partial charge in [-0.3, -0.25) is 14.9 Å². The average molecular weight is 263 g/mol. The Morgan fingerprint density at radius 2 is 2.00 bits per heavy atom. The van der Waals surface area contributed by atoms with Gasteiger partial charge in [0.15, 0.2) is 0 Å². The first-order chi connectivity index (χ1) is 9.09. The lowest BCUT2D eigenvalue weighted by atomic mass is 9.91. The predicted molar refractivity (Wildman–Crippen MR) is 70.8 cm³/mol. The standard InChI is InChI=1S/C13H17N3O3/c14-10-6-2-3-7-11(10)15-13(17)9-5-1-4-8-12(9)16(18)19/h1,4-5,8,10-11H,2-3,6-7,14H2,(H,15,17)/t10-,11-/m1/s1. The van der Waals surface area contributed by atoms with Crippen molar-refractivity contribution in [2.75, 3.05) is 0 Å². The Balaban J connectivity index is 2.13. The van der Waals surface area contributed by atoms with E-state index in [0.29, 0.717) is 0 Å². The second kappa shape index (κ2) is 5.79. The van der Waals surface area contributed by atoms with Gasteiger partial charge in [-0.1, -0.05) is 25.0 Å². The number of nitrogens with two attached hydrogens (primary N) is 1. The minimum Gasteiger partial charge on any atom is -0.348 e. The van der Waals surface area contributed by atoms with Crippen LogP contribution in [0.15, 0.2) is 24.3 Å². The van der Waals surface area contributed by atoms with E-state index in [0.717, 1.165) is 25.7 Å². The van der Waals surface area contributed by atoms with E-state index in [1.54, 1.807) is 12.1 Å². The maximum absolute atomic E-state index is 12.1. The van der Waals surface area contributed by atoms with Crippen LogP contribution in [0.25, 0.3) is 0 Å². The van der Waals surface area contributed by atoms with E-state index in [-0.39, 0.29) is 23.3 Å². The van der Waals surface area contributed by atoms with Crippen molar-refractivity contribution in [2.45, 2.75) is 37.8 Å². The van der Waals surface area contributed by atoms with Crippen molar-refractivity contribution in [1.29, 1.82) is 0 Å². The molecule has 2 atom stereocenters. The number of nitro benzene ring substituents is 1. The molecule has 3 N–H and O–H groups in total. The first-order valence-electron chi connectivity index (χ1n) is 6.39. The molecule has 0 radical (unpaired) electrons. The van der Waals surface area contributed by atoms with Gasteiger partial charge in [-0.2, -0.15) is 0 Å². The molecular weight excluding hydrogens is 246 g/mol. The van der Waals surface area contributed by atoms with Gasteiger partial charge in [0.25, 0.3) is 11.6 Å². The number of carbonyl (C=O) groups excluding carboxylic acids is 1. The summed E-state index contributed by atoms with van der Waals surface area (Å²) in [4.78, 5) is 22.5. The fourth-order valence-electron chi connectivity index (χ4n) is 2.41. The van der Waals surface area contributed by atoms with Gasteiger partial charge in [-0.15, -0.1) is 0 Å². The van der Waals surface area contributed by atoms with Crippen molar-refractivity contribution in [3.05, 3.63) is 39.9 Å². The monoisotopic (exact) mass is 263 g/mol. The van der Waals surface area contributed by atoms with Gasteiger partial charge in [0.1, 0.15) is 5.56 Å². The highest BCUT2D eigenvalue weighted by molar-refractivity contribution is 5.98. The zero-order chi connectivity index (χ0) is 13.8. The molecule has 0 saturated heterocycles. The minimum atomic E-state index is -0.546. The van der Waals surface area contributed by atoms with Crippen molar-refractivity contribution in [1.82, 2.24) is 5.32 Å². The smallest absolute Gasteiger partial charge is 0.282 e. The van der Waals surface area contributed by atoms with Crippen molar-refractivity contribution >= 4 is 11.6 Å². The summed E-state index contributed by atoms with van der Waals surface area (Å²) in [6.45, 7) is 0. The molecule has 0 unspecified atom stereocenters. The Labute approximate surface area is 111 Å². The Morgan fingerprint density at radius 1 is 1.32 bits per heavy atom. The zero-order valence-corrected chi connectivity index (χ0v) is 10.5. The lowest BCUT2D eigenvalue weighted by Crippen LogP contribution is -2.49. The maximum Gasteiger partial charge on any atom is 0.282 e. The van der Waals surface area contributed by atoms with Gasteiger partial charge >= 0.3 is 0 Å². The number of nitrogens with zero attached hydrogens (tertiary/aromatic N) is 1. The predicted octanol–water partition coefficient (Wildman–Crippen LogP) is 1.59. The second-order valence-electron chi connectivity index (χ2n) is 4.80. The Morgan fingerprint density at radius 3 is 2.68 bits per heavy atom. The van der Waals surface area contributed by atoms with E-state index in [1.807, 2.05) is 0 Å². The summed E-state index contributed by atoms with van der Waals surface area (Å²) in [5.41, 5.74) is 5.87. The third kappa shape index (κ3) is 3.08. The molecule has 0 spiro atoms. The van der Waals surface area contributed by atoms with Crippen LogP contribution in [0, 0.1) is 10.1 Å². The van der Waals surface area contributed by atoms with Crippen molar-refractivity contribution in [3.8, 4) is 0 Å². The van der Waals surface area contributed by atoms with E-state index in [9.17, 15) is 14.9 Å². The minimum absolute atomic E-state index is 0.0690. The lowest BCUT2D eigenvalue weighted by Gasteiger charge is -2.29. The molecule has 19 heavy (non-hydrogen) atoms. The second-order valence-corrected chi connectivity index (χ2v) is 4.80. The topological polar surface area (TPSA) is 98.3 Å². The summed E-state index contributed by atoms with van der Waals surface area (Å²) in [5.74, 6) is -0.422. The molecule has 0 aliphatic heterocycles. The molecule has 0 aromatic heterocycles. The number of nitrogens with one attached hydrogen (secondary N) is 1. The third-order valence-electron chi connectivity index (χ3n) is 3.48. The van der Waals surface area contributed by atoms with Crippen molar-refractivity contribution in [2.24, 2.45) is 5.73 Å². The maximum atomic E-state index is 12.1. The molecule has 0 heterocycles. The molecule has 2 rings (SSSR count). The van der Waals surface area contributed by atoms with Gasteiger partial charge < -0.3 is 11.1 Å². The fourth-order valence-corrected chi connectivity index (χ4v) is 2.41. The molecule has 6 heteroatoms. The summed E-state index contributed by atoms with van der Waals surface area (Å²) in [5, 5.41) is 13.7. The molecule has 102 valence electrons. The normalized spacial score (nSPS) is 22.8. The molecule has 1 saturated carbocycles. The van der Waals surface area contributed by atoms with Crippen LogP contribution in [0.1, 0.15) is 36.0 Å². The summed E-state index contributed by atoms with van der Waals surface area (Å²) >= 11 is 0. The van der Waals surface area contributed by atoms with Gasteiger partial charge in [0.05, 0.1) is 4.92 Å². The first-order valence-corrected chi connectivity index (χ1v) is 6.39. The highest BCUT2D eigenvalue weighted by Crippen LogP contribution is 2.20. The van der Waals surface area contributed by atoms with Gasteiger partial charge in [-0.05, 0) is 18.9 Å². The quantitative estimate of drug-likeness (QED) is 0.639. The van der Waals surface area contributed by atoms with Crippen molar-refractivity contribution in [3.63, 3.8) is 0 Å². The summed E-state index contributed by atoms with van der Waals surface area (Å²) in [7, 11) is 0. The van der Waals surface area contributed by atoms with Gasteiger partial charge in [0, 0.05) is 18.2 Å². The first kappa shape index (κ1) is 13.5. The summed E-state index contributed by atoms with van der Waals surface area (Å²) in [6, 6.07) is 5.78. The van der Waals surface area contributed by atoms with E-state index in [4.69, 9.17) is 5.73 Å². The molecule has 0 bridgehead atoms. The van der Waals surface area contributed by atoms with Crippen LogP contribution < -0.4 is 11.1 Å². The molecule has 1 aromatic rings. The number of rotatable bonds is 3. The van der Waals surface area contributed by atoms with Crippen LogP contribution in [-0.4, -0.2) is 22.9 Å². The number of hydrogen-bond acceptors (Lipinski definition) is 4. The van der Waals surface area contributed by atoms with Crippen molar-refractivity contribution < 1.29 is 9.72 Å². The molecule has 1 amide bonds. The number of carbonyl (C=O) groups is 1. The third-order valence-corrected chi connectivity index (χ3v) is 3.48. The number of para-hydroxylation sites is 1. The van der Waals surface area contributed by atoms with E-state index in [2.05, 4.69) is 5.32 Å². The molecule has 1 aromatic carbocycles. The van der Waals surface area contributed by atoms with Crippen LogP contribution in [0.3, 0.4) is 0 Å². The number of hydrogen-bond donors (Lipinski definition) is 2. The SMILES string of the molecule is N[C@@H]1CCCC[C@H]1NC(=O)c1ccccc1[N+](=O)[O-]. The Bertz CT molecular complexity index is 490. The Hall–Kier alpha value is -1.95. The van der Waals surface area contributed by atoms with E-state index in [1.165, 1.54) is 12.1 Å². The van der Waals surface area contributed by atoms with Crippen LogP contribution in [-0.2, 0) is 0 Å². The van der Waals surface area contributed by atoms with Crippen LogP contribution in [0.4, 0.5) is 5.69 Å². The number of benzene rings is 1. The molecule has 1 aliphatic carbocycles. The van der Waals surface area contributed by atoms with Crippen LogP contribution in [0.2, 0.25) is 0 Å². The molecular formula is C13H17N3O3. The molecule has 1 aliphatic rings. The lowest BCUT2D eigenvalue weighted by molar-refractivity contribution is -0.385. The van der Waals surface area contributed by atoms with E-state index >= 15 is 0 Å². The molecule has 1 fully saturated rings. The Kier molecular flexibility index (Phi) is 4.11.